The standard InChI is InChI=1S/C17H31N3/c1-3-10-19-17(14-18)9-5-8-16(12-17)20-11-6-7-15(4-2)13-20/h15-16,19H,3-13H2,1-2H3. The summed E-state index contributed by atoms with van der Waals surface area (Å²) < 4.78 is 0. The van der Waals surface area contributed by atoms with Crippen molar-refractivity contribution in [2.75, 3.05) is 19.6 Å². The van der Waals surface area contributed by atoms with E-state index in [9.17, 15) is 5.26 Å². The van der Waals surface area contributed by atoms with Crippen molar-refractivity contribution in [2.45, 2.75) is 76.8 Å². The van der Waals surface area contributed by atoms with Crippen LogP contribution in [0.5, 0.6) is 0 Å². The Morgan fingerprint density at radius 3 is 2.85 bits per heavy atom. The molecule has 0 radical (unpaired) electrons. The monoisotopic (exact) mass is 277 g/mol. The van der Waals surface area contributed by atoms with E-state index in [1.807, 2.05) is 0 Å². The molecule has 0 aromatic carbocycles. The molecule has 1 saturated carbocycles. The molecule has 3 atom stereocenters. The van der Waals surface area contributed by atoms with Crippen molar-refractivity contribution in [3.8, 4) is 6.07 Å². The van der Waals surface area contributed by atoms with Crippen LogP contribution in [0, 0.1) is 17.2 Å². The lowest BCUT2D eigenvalue weighted by Gasteiger charge is -2.44. The van der Waals surface area contributed by atoms with E-state index in [4.69, 9.17) is 0 Å². The fourth-order valence-electron chi connectivity index (χ4n) is 3.99. The Morgan fingerprint density at radius 2 is 2.15 bits per heavy atom. The summed E-state index contributed by atoms with van der Waals surface area (Å²) in [6.45, 7) is 7.97. The summed E-state index contributed by atoms with van der Waals surface area (Å²) in [5, 5.41) is 13.2. The number of nitrogens with zero attached hydrogens (tertiary/aromatic N) is 2. The molecule has 1 aliphatic carbocycles. The van der Waals surface area contributed by atoms with E-state index in [1.165, 1.54) is 45.2 Å². The molecule has 2 fully saturated rings. The van der Waals surface area contributed by atoms with Crippen LogP contribution in [0.3, 0.4) is 0 Å². The molecule has 1 aliphatic heterocycles. The van der Waals surface area contributed by atoms with Gasteiger partial charge in [0.05, 0.1) is 6.07 Å². The van der Waals surface area contributed by atoms with Gasteiger partial charge in [0.2, 0.25) is 0 Å². The van der Waals surface area contributed by atoms with Crippen LogP contribution in [0.25, 0.3) is 0 Å². The van der Waals surface area contributed by atoms with Crippen LogP contribution in [0.1, 0.15) is 65.2 Å². The van der Waals surface area contributed by atoms with Gasteiger partial charge in [0, 0.05) is 12.6 Å². The minimum atomic E-state index is -0.252. The Labute approximate surface area is 124 Å². The molecule has 0 bridgehead atoms. The first-order valence-corrected chi connectivity index (χ1v) is 8.63. The van der Waals surface area contributed by atoms with Crippen molar-refractivity contribution < 1.29 is 0 Å². The first-order chi connectivity index (χ1) is 9.73. The molecule has 0 spiro atoms. The zero-order valence-corrected chi connectivity index (χ0v) is 13.3. The second-order valence-corrected chi connectivity index (χ2v) is 6.78. The maximum atomic E-state index is 9.65. The van der Waals surface area contributed by atoms with E-state index in [-0.39, 0.29) is 5.54 Å². The lowest BCUT2D eigenvalue weighted by atomic mass is 9.78. The van der Waals surface area contributed by atoms with Crippen molar-refractivity contribution in [1.82, 2.24) is 10.2 Å². The third kappa shape index (κ3) is 3.74. The first kappa shape index (κ1) is 15.8. The summed E-state index contributed by atoms with van der Waals surface area (Å²) in [7, 11) is 0. The van der Waals surface area contributed by atoms with Gasteiger partial charge < -0.3 is 4.90 Å². The van der Waals surface area contributed by atoms with Gasteiger partial charge in [0.1, 0.15) is 5.54 Å². The maximum Gasteiger partial charge on any atom is 0.108 e. The van der Waals surface area contributed by atoms with Gasteiger partial charge in [-0.1, -0.05) is 20.3 Å². The third-order valence-electron chi connectivity index (χ3n) is 5.30. The largest absolute Gasteiger partial charge is 0.300 e. The van der Waals surface area contributed by atoms with Crippen LogP contribution in [0.15, 0.2) is 0 Å². The molecule has 0 amide bonds. The Kier molecular flexibility index (Phi) is 5.86. The molecule has 1 heterocycles. The molecule has 3 heteroatoms. The zero-order valence-electron chi connectivity index (χ0n) is 13.3. The quantitative estimate of drug-likeness (QED) is 0.838. The molecular weight excluding hydrogens is 246 g/mol. The number of hydrogen-bond donors (Lipinski definition) is 1. The lowest BCUT2D eigenvalue weighted by molar-refractivity contribution is 0.0757. The van der Waals surface area contributed by atoms with Crippen molar-refractivity contribution in [3.05, 3.63) is 0 Å². The van der Waals surface area contributed by atoms with Gasteiger partial charge >= 0.3 is 0 Å². The molecule has 0 aromatic rings. The lowest BCUT2D eigenvalue weighted by Crippen LogP contribution is -2.54. The van der Waals surface area contributed by atoms with Gasteiger partial charge in [-0.2, -0.15) is 5.26 Å². The number of hydrogen-bond acceptors (Lipinski definition) is 3. The second kappa shape index (κ2) is 7.43. The van der Waals surface area contributed by atoms with Gasteiger partial charge in [0.15, 0.2) is 0 Å². The third-order valence-corrected chi connectivity index (χ3v) is 5.30. The van der Waals surface area contributed by atoms with E-state index in [0.29, 0.717) is 6.04 Å². The smallest absolute Gasteiger partial charge is 0.108 e. The average Bonchev–Trinajstić information content (AvgIpc) is 2.53. The predicted octanol–water partition coefficient (Wildman–Crippen LogP) is 3.31. The summed E-state index contributed by atoms with van der Waals surface area (Å²) in [6, 6.07) is 3.24. The minimum Gasteiger partial charge on any atom is -0.300 e. The predicted molar refractivity (Wildman–Crippen MR) is 83.5 cm³/mol. The van der Waals surface area contributed by atoms with Crippen LogP contribution in [-0.2, 0) is 0 Å². The number of rotatable bonds is 5. The molecule has 3 unspecified atom stereocenters. The molecule has 3 nitrogen and oxygen atoms in total. The molecule has 1 N–H and O–H groups in total. The van der Waals surface area contributed by atoms with E-state index < -0.39 is 0 Å². The molecule has 2 aliphatic rings. The highest BCUT2D eigenvalue weighted by Crippen LogP contribution is 2.33. The summed E-state index contributed by atoms with van der Waals surface area (Å²) in [5.41, 5.74) is -0.252. The molecule has 2 rings (SSSR count). The van der Waals surface area contributed by atoms with Crippen molar-refractivity contribution in [3.63, 3.8) is 0 Å². The van der Waals surface area contributed by atoms with Crippen molar-refractivity contribution >= 4 is 0 Å². The zero-order chi connectivity index (χ0) is 14.4. The topological polar surface area (TPSA) is 39.1 Å². The molecule has 0 aromatic heterocycles. The highest BCUT2D eigenvalue weighted by atomic mass is 15.2. The SMILES string of the molecule is CCCNC1(C#N)CCCC(N2CCCC(CC)C2)C1. The van der Waals surface area contributed by atoms with Crippen LogP contribution in [0.4, 0.5) is 0 Å². The Balaban J connectivity index is 1.96. The van der Waals surface area contributed by atoms with Crippen LogP contribution in [0.2, 0.25) is 0 Å². The normalized spacial score (nSPS) is 35.6. The van der Waals surface area contributed by atoms with Crippen LogP contribution in [-0.4, -0.2) is 36.1 Å². The van der Waals surface area contributed by atoms with E-state index >= 15 is 0 Å². The summed E-state index contributed by atoms with van der Waals surface area (Å²) >= 11 is 0. The molecular formula is C17H31N3. The number of nitrogens with one attached hydrogen (secondary N) is 1. The van der Waals surface area contributed by atoms with Gasteiger partial charge in [-0.3, -0.25) is 5.32 Å². The molecule has 114 valence electrons. The highest BCUT2D eigenvalue weighted by molar-refractivity contribution is 5.11. The van der Waals surface area contributed by atoms with Gasteiger partial charge in [-0.05, 0) is 64.0 Å². The van der Waals surface area contributed by atoms with Crippen molar-refractivity contribution in [1.29, 1.82) is 5.26 Å². The Morgan fingerprint density at radius 1 is 1.30 bits per heavy atom. The van der Waals surface area contributed by atoms with E-state index in [1.54, 1.807) is 0 Å². The average molecular weight is 277 g/mol. The van der Waals surface area contributed by atoms with Crippen LogP contribution < -0.4 is 5.32 Å². The minimum absolute atomic E-state index is 0.252. The summed E-state index contributed by atoms with van der Waals surface area (Å²) in [6.07, 6.45) is 9.70. The summed E-state index contributed by atoms with van der Waals surface area (Å²) in [4.78, 5) is 2.69. The number of nitriles is 1. The fourth-order valence-corrected chi connectivity index (χ4v) is 3.99. The van der Waals surface area contributed by atoms with Crippen molar-refractivity contribution in [2.24, 2.45) is 5.92 Å². The Hall–Kier alpha value is -0.590. The van der Waals surface area contributed by atoms with Gasteiger partial charge in [-0.15, -0.1) is 0 Å². The Bertz CT molecular complexity index is 336. The first-order valence-electron chi connectivity index (χ1n) is 8.63. The second-order valence-electron chi connectivity index (χ2n) is 6.78. The fraction of sp³-hybridized carbons (Fsp3) is 0.941. The van der Waals surface area contributed by atoms with Crippen LogP contribution >= 0.6 is 0 Å². The number of piperidine rings is 1. The molecule has 1 saturated heterocycles. The maximum absolute atomic E-state index is 9.65. The van der Waals surface area contributed by atoms with Gasteiger partial charge in [-0.25, -0.2) is 0 Å². The molecule has 20 heavy (non-hydrogen) atoms. The highest BCUT2D eigenvalue weighted by Gasteiger charge is 2.38. The van der Waals surface area contributed by atoms with Gasteiger partial charge in [0.25, 0.3) is 0 Å². The van der Waals surface area contributed by atoms with E-state index in [2.05, 4.69) is 30.1 Å². The van der Waals surface area contributed by atoms with E-state index in [0.717, 1.165) is 31.7 Å². The summed E-state index contributed by atoms with van der Waals surface area (Å²) in [5.74, 6) is 0.880. The number of likely N-dealkylation sites (tertiary alicyclic amines) is 1.